The highest BCUT2D eigenvalue weighted by molar-refractivity contribution is 6.62. The Kier molecular flexibility index (Phi) is 3.93. The molecule has 0 bridgehead atoms. The lowest BCUT2D eigenvalue weighted by Gasteiger charge is -2.32. The number of benzene rings is 1. The largest absolute Gasteiger partial charge is 0.494 e. The van der Waals surface area contributed by atoms with Gasteiger partial charge in [0.2, 0.25) is 0 Å². The summed E-state index contributed by atoms with van der Waals surface area (Å²) in [7, 11) is -0.463. The van der Waals surface area contributed by atoms with Crippen LogP contribution in [0.1, 0.15) is 63.4 Å². The van der Waals surface area contributed by atoms with Crippen LogP contribution in [0.2, 0.25) is 0 Å². The molecule has 1 aliphatic rings. The van der Waals surface area contributed by atoms with E-state index in [1.165, 1.54) is 0 Å². The minimum Gasteiger partial charge on any atom is -0.478 e. The Hall–Kier alpha value is -1.33. The fraction of sp³-hybridized carbons (Fsp3) is 0.562. The van der Waals surface area contributed by atoms with Gasteiger partial charge in [0, 0.05) is 0 Å². The van der Waals surface area contributed by atoms with Crippen LogP contribution < -0.4 is 5.46 Å². The molecule has 21 heavy (non-hydrogen) atoms. The van der Waals surface area contributed by atoms with Gasteiger partial charge < -0.3 is 14.4 Å². The van der Waals surface area contributed by atoms with Crippen molar-refractivity contribution in [2.75, 3.05) is 0 Å². The van der Waals surface area contributed by atoms with E-state index < -0.39 is 24.3 Å². The summed E-state index contributed by atoms with van der Waals surface area (Å²) in [4.78, 5) is 11.3. The van der Waals surface area contributed by atoms with E-state index in [2.05, 4.69) is 0 Å². The molecule has 1 heterocycles. The standard InChI is InChI=1S/C16H23BO4/c1-10(2)13-9-11(7-8-12(13)14(18)19)17-20-15(3,4)16(5,6)21-17/h7-10H,1-6H3,(H,18,19). The highest BCUT2D eigenvalue weighted by Gasteiger charge is 2.51. The molecule has 4 nitrogen and oxygen atoms in total. The third-order valence-corrected chi connectivity index (χ3v) is 4.45. The highest BCUT2D eigenvalue weighted by Crippen LogP contribution is 2.36. The van der Waals surface area contributed by atoms with Crippen molar-refractivity contribution in [1.82, 2.24) is 0 Å². The second-order valence-corrected chi connectivity index (χ2v) is 6.89. The Morgan fingerprint density at radius 1 is 1.14 bits per heavy atom. The van der Waals surface area contributed by atoms with Crippen LogP contribution in [0.3, 0.4) is 0 Å². The fourth-order valence-electron chi connectivity index (χ4n) is 2.38. The average molecular weight is 290 g/mol. The zero-order valence-electron chi connectivity index (χ0n) is 13.6. The number of carboxylic acid groups (broad SMARTS) is 1. The lowest BCUT2D eigenvalue weighted by molar-refractivity contribution is 0.00578. The molecule has 1 N–H and O–H groups in total. The van der Waals surface area contributed by atoms with E-state index in [-0.39, 0.29) is 5.92 Å². The van der Waals surface area contributed by atoms with Crippen molar-refractivity contribution in [1.29, 1.82) is 0 Å². The second kappa shape index (κ2) is 5.14. The van der Waals surface area contributed by atoms with Gasteiger partial charge in [-0.25, -0.2) is 4.79 Å². The predicted molar refractivity (Wildman–Crippen MR) is 83.2 cm³/mol. The molecule has 114 valence electrons. The molecule has 0 saturated carbocycles. The second-order valence-electron chi connectivity index (χ2n) is 6.89. The molecule has 1 aromatic rings. The molecule has 1 saturated heterocycles. The van der Waals surface area contributed by atoms with Crippen molar-refractivity contribution in [3.8, 4) is 0 Å². The molecule has 1 aliphatic heterocycles. The minimum atomic E-state index is -0.904. The zero-order chi connectivity index (χ0) is 16.0. The maximum atomic E-state index is 11.3. The number of carboxylic acids is 1. The van der Waals surface area contributed by atoms with E-state index in [0.717, 1.165) is 11.0 Å². The van der Waals surface area contributed by atoms with Crippen LogP contribution in [0.5, 0.6) is 0 Å². The zero-order valence-corrected chi connectivity index (χ0v) is 13.6. The number of carbonyl (C=O) groups is 1. The number of aromatic carboxylic acids is 1. The molecule has 0 aliphatic carbocycles. The smallest absolute Gasteiger partial charge is 0.478 e. The lowest BCUT2D eigenvalue weighted by Crippen LogP contribution is -2.41. The molecule has 0 amide bonds. The minimum absolute atomic E-state index is 0.124. The molecule has 1 aromatic carbocycles. The average Bonchev–Trinajstić information content (AvgIpc) is 2.57. The van der Waals surface area contributed by atoms with Crippen LogP contribution in [0.25, 0.3) is 0 Å². The maximum absolute atomic E-state index is 11.3. The summed E-state index contributed by atoms with van der Waals surface area (Å²) in [6.07, 6.45) is 0. The SMILES string of the molecule is CC(C)c1cc(B2OC(C)(C)C(C)(C)O2)ccc1C(=O)O. The summed E-state index contributed by atoms with van der Waals surface area (Å²) in [5.74, 6) is -0.780. The molecule has 0 unspecified atom stereocenters. The van der Waals surface area contributed by atoms with Crippen molar-refractivity contribution in [2.45, 2.75) is 58.7 Å². The third kappa shape index (κ3) is 2.85. The Balaban J connectivity index is 2.39. The number of hydrogen-bond donors (Lipinski definition) is 1. The maximum Gasteiger partial charge on any atom is 0.494 e. The quantitative estimate of drug-likeness (QED) is 0.870. The molecule has 0 aromatic heterocycles. The van der Waals surface area contributed by atoms with Crippen LogP contribution in [-0.4, -0.2) is 29.4 Å². The Labute approximate surface area is 126 Å². The van der Waals surface area contributed by atoms with Gasteiger partial charge in [0.25, 0.3) is 0 Å². The summed E-state index contributed by atoms with van der Waals surface area (Å²) >= 11 is 0. The van der Waals surface area contributed by atoms with E-state index in [9.17, 15) is 9.90 Å². The predicted octanol–water partition coefficient (Wildman–Crippen LogP) is 2.81. The third-order valence-electron chi connectivity index (χ3n) is 4.45. The van der Waals surface area contributed by atoms with Gasteiger partial charge in [-0.1, -0.05) is 26.0 Å². The first-order valence-electron chi connectivity index (χ1n) is 7.28. The first kappa shape index (κ1) is 16.1. The molecule has 0 atom stereocenters. The Bertz CT molecular complexity index is 547. The van der Waals surface area contributed by atoms with Gasteiger partial charge in [-0.2, -0.15) is 0 Å². The Morgan fingerprint density at radius 2 is 1.67 bits per heavy atom. The van der Waals surface area contributed by atoms with Crippen molar-refractivity contribution in [3.05, 3.63) is 29.3 Å². The number of hydrogen-bond acceptors (Lipinski definition) is 3. The van der Waals surface area contributed by atoms with E-state index in [1.807, 2.05) is 47.6 Å². The molecular weight excluding hydrogens is 267 g/mol. The van der Waals surface area contributed by atoms with Crippen molar-refractivity contribution < 1.29 is 19.2 Å². The van der Waals surface area contributed by atoms with Gasteiger partial charge in [-0.05, 0) is 50.7 Å². The van der Waals surface area contributed by atoms with Crippen LogP contribution in [-0.2, 0) is 9.31 Å². The summed E-state index contributed by atoms with van der Waals surface area (Å²) in [6.45, 7) is 12.0. The fourth-order valence-corrected chi connectivity index (χ4v) is 2.38. The molecule has 0 spiro atoms. The monoisotopic (exact) mass is 290 g/mol. The first-order chi connectivity index (χ1) is 9.55. The van der Waals surface area contributed by atoms with Crippen molar-refractivity contribution >= 4 is 18.6 Å². The van der Waals surface area contributed by atoms with Crippen LogP contribution in [0, 0.1) is 0 Å². The van der Waals surface area contributed by atoms with Crippen molar-refractivity contribution in [3.63, 3.8) is 0 Å². The first-order valence-corrected chi connectivity index (χ1v) is 7.28. The van der Waals surface area contributed by atoms with Crippen LogP contribution in [0.15, 0.2) is 18.2 Å². The molecule has 5 heteroatoms. The normalized spacial score (nSPS) is 20.0. The van der Waals surface area contributed by atoms with Gasteiger partial charge >= 0.3 is 13.1 Å². The summed E-state index contributed by atoms with van der Waals surface area (Å²) in [6, 6.07) is 5.30. The highest BCUT2D eigenvalue weighted by atomic mass is 16.7. The molecular formula is C16H23BO4. The van der Waals surface area contributed by atoms with E-state index in [0.29, 0.717) is 5.56 Å². The molecule has 1 fully saturated rings. The summed E-state index contributed by atoms with van der Waals surface area (Å²) in [5, 5.41) is 9.27. The van der Waals surface area contributed by atoms with Gasteiger partial charge in [0.1, 0.15) is 0 Å². The number of rotatable bonds is 3. The summed E-state index contributed by atoms with van der Waals surface area (Å²) < 4.78 is 12.0. The summed E-state index contributed by atoms with van der Waals surface area (Å²) in [5.41, 5.74) is 1.20. The lowest BCUT2D eigenvalue weighted by atomic mass is 9.76. The van der Waals surface area contributed by atoms with E-state index >= 15 is 0 Å². The van der Waals surface area contributed by atoms with Gasteiger partial charge in [-0.3, -0.25) is 0 Å². The van der Waals surface area contributed by atoms with Crippen LogP contribution in [0.4, 0.5) is 0 Å². The van der Waals surface area contributed by atoms with Gasteiger partial charge in [0.05, 0.1) is 16.8 Å². The van der Waals surface area contributed by atoms with Crippen LogP contribution >= 0.6 is 0 Å². The molecule has 2 rings (SSSR count). The Morgan fingerprint density at radius 3 is 2.10 bits per heavy atom. The van der Waals surface area contributed by atoms with Crippen molar-refractivity contribution in [2.24, 2.45) is 0 Å². The van der Waals surface area contributed by atoms with Gasteiger partial charge in [0.15, 0.2) is 0 Å². The van der Waals surface area contributed by atoms with E-state index in [4.69, 9.17) is 9.31 Å². The van der Waals surface area contributed by atoms with Gasteiger partial charge in [-0.15, -0.1) is 0 Å². The van der Waals surface area contributed by atoms with E-state index in [1.54, 1.807) is 12.1 Å². The molecule has 0 radical (unpaired) electrons. The topological polar surface area (TPSA) is 55.8 Å².